The van der Waals surface area contributed by atoms with Gasteiger partial charge in [-0.1, -0.05) is 18.2 Å². The average molecular weight is 189 g/mol. The van der Waals surface area contributed by atoms with Gasteiger partial charge in [0.2, 0.25) is 0 Å². The second-order valence-electron chi connectivity index (χ2n) is 3.75. The fraction of sp³-hybridized carbons (Fsp3) is 0.300. The van der Waals surface area contributed by atoms with Crippen molar-refractivity contribution in [1.82, 2.24) is 15.5 Å². The summed E-state index contributed by atoms with van der Waals surface area (Å²) < 4.78 is 0. The third-order valence-corrected chi connectivity index (χ3v) is 2.76. The molecule has 0 radical (unpaired) electrons. The Morgan fingerprint density at radius 1 is 1.29 bits per heavy atom. The molecule has 14 heavy (non-hydrogen) atoms. The van der Waals surface area contributed by atoms with Crippen LogP contribution in [0.5, 0.6) is 0 Å². The molecule has 1 aliphatic rings. The minimum absolute atomic E-state index is 0.596. The molecule has 0 spiro atoms. The summed E-state index contributed by atoms with van der Waals surface area (Å²) in [5.74, 6) is 0. The van der Waals surface area contributed by atoms with Gasteiger partial charge >= 0.3 is 0 Å². The van der Waals surface area contributed by atoms with Crippen LogP contribution in [0.1, 0.15) is 5.69 Å². The Labute approximate surface area is 80.9 Å². The van der Waals surface area contributed by atoms with E-state index in [4.69, 9.17) is 0 Å². The molecule has 0 aliphatic carbocycles. The van der Waals surface area contributed by atoms with E-state index in [0.29, 0.717) is 13.1 Å². The monoisotopic (exact) mass is 189 g/mol. The average Bonchev–Trinajstić information content (AvgIpc) is 2.58. The minimum atomic E-state index is -0.754. The van der Waals surface area contributed by atoms with Crippen LogP contribution in [0.3, 0.4) is 0 Å². The van der Waals surface area contributed by atoms with Crippen LogP contribution in [0.15, 0.2) is 24.3 Å². The van der Waals surface area contributed by atoms with Gasteiger partial charge in [0.15, 0.2) is 0 Å². The summed E-state index contributed by atoms with van der Waals surface area (Å²) in [5.41, 5.74) is 0.977. The van der Waals surface area contributed by atoms with Gasteiger partial charge in [-0.05, 0) is 6.07 Å². The molecule has 1 aromatic carbocycles. The summed E-state index contributed by atoms with van der Waals surface area (Å²) in [6, 6.07) is 7.81. The van der Waals surface area contributed by atoms with Crippen LogP contribution >= 0.6 is 0 Å². The van der Waals surface area contributed by atoms with Gasteiger partial charge in [-0.15, -0.1) is 0 Å². The second-order valence-corrected chi connectivity index (χ2v) is 3.75. The van der Waals surface area contributed by atoms with E-state index in [-0.39, 0.29) is 0 Å². The van der Waals surface area contributed by atoms with E-state index in [1.807, 2.05) is 24.3 Å². The number of para-hydroxylation sites is 1. The molecule has 1 fully saturated rings. The van der Waals surface area contributed by atoms with E-state index in [1.54, 1.807) is 0 Å². The molecule has 0 atom stereocenters. The highest BCUT2D eigenvalue weighted by Gasteiger charge is 2.38. The van der Waals surface area contributed by atoms with Gasteiger partial charge in [0.25, 0.3) is 0 Å². The lowest BCUT2D eigenvalue weighted by atomic mass is 9.91. The zero-order valence-electron chi connectivity index (χ0n) is 7.62. The number of aromatic amines is 1. The first-order valence-corrected chi connectivity index (χ1v) is 4.66. The van der Waals surface area contributed by atoms with Crippen LogP contribution in [-0.4, -0.2) is 28.4 Å². The van der Waals surface area contributed by atoms with Crippen LogP contribution in [-0.2, 0) is 5.60 Å². The molecule has 2 aromatic rings. The minimum Gasteiger partial charge on any atom is -0.381 e. The molecule has 0 unspecified atom stereocenters. The summed E-state index contributed by atoms with van der Waals surface area (Å²) in [5, 5.41) is 21.3. The molecule has 1 aromatic heterocycles. The summed E-state index contributed by atoms with van der Waals surface area (Å²) in [7, 11) is 0. The Morgan fingerprint density at radius 3 is 2.79 bits per heavy atom. The molecule has 4 nitrogen and oxygen atoms in total. The number of aromatic nitrogens is 2. The highest BCUT2D eigenvalue weighted by Crippen LogP contribution is 2.29. The lowest BCUT2D eigenvalue weighted by molar-refractivity contribution is -0.0173. The highest BCUT2D eigenvalue weighted by molar-refractivity contribution is 5.82. The molecule has 3 N–H and O–H groups in total. The lowest BCUT2D eigenvalue weighted by Gasteiger charge is -2.36. The molecular weight excluding hydrogens is 178 g/mol. The van der Waals surface area contributed by atoms with Crippen molar-refractivity contribution in [2.75, 3.05) is 13.1 Å². The fourth-order valence-electron chi connectivity index (χ4n) is 1.85. The number of hydrogen-bond acceptors (Lipinski definition) is 3. The first-order valence-electron chi connectivity index (χ1n) is 4.66. The van der Waals surface area contributed by atoms with E-state index in [9.17, 15) is 5.11 Å². The Morgan fingerprint density at radius 2 is 2.07 bits per heavy atom. The summed E-state index contributed by atoms with van der Waals surface area (Å²) in [4.78, 5) is 0. The van der Waals surface area contributed by atoms with Crippen molar-refractivity contribution in [1.29, 1.82) is 0 Å². The van der Waals surface area contributed by atoms with Crippen molar-refractivity contribution in [3.63, 3.8) is 0 Å². The second kappa shape index (κ2) is 2.56. The smallest absolute Gasteiger partial charge is 0.131 e. The normalized spacial score (nSPS) is 19.5. The van der Waals surface area contributed by atoms with Crippen LogP contribution in [0.2, 0.25) is 0 Å². The van der Waals surface area contributed by atoms with E-state index in [2.05, 4.69) is 15.5 Å². The van der Waals surface area contributed by atoms with Gasteiger partial charge in [-0.2, -0.15) is 5.10 Å². The zero-order chi connectivity index (χ0) is 9.60. The highest BCUT2D eigenvalue weighted by atomic mass is 16.3. The van der Waals surface area contributed by atoms with Crippen molar-refractivity contribution in [2.24, 2.45) is 0 Å². The lowest BCUT2D eigenvalue weighted by Crippen LogP contribution is -2.57. The molecule has 0 amide bonds. The standard InChI is InChI=1S/C10H11N3O/c14-10(5-11-6-10)9-7-3-1-2-4-8(7)12-13-9/h1-4,11,14H,5-6H2,(H,12,13). The third kappa shape index (κ3) is 0.921. The van der Waals surface area contributed by atoms with Crippen LogP contribution in [0.25, 0.3) is 10.9 Å². The molecule has 1 saturated heterocycles. The molecule has 2 heterocycles. The first kappa shape index (κ1) is 7.96. The maximum absolute atomic E-state index is 10.1. The number of benzene rings is 1. The van der Waals surface area contributed by atoms with Gasteiger partial charge in [0.1, 0.15) is 5.60 Å². The van der Waals surface area contributed by atoms with Crippen molar-refractivity contribution < 1.29 is 5.11 Å². The number of rotatable bonds is 1. The summed E-state index contributed by atoms with van der Waals surface area (Å²) in [6.07, 6.45) is 0. The number of hydrogen-bond donors (Lipinski definition) is 3. The van der Waals surface area contributed by atoms with Crippen LogP contribution in [0.4, 0.5) is 0 Å². The van der Waals surface area contributed by atoms with E-state index < -0.39 is 5.60 Å². The number of fused-ring (bicyclic) bond motifs is 1. The van der Waals surface area contributed by atoms with Gasteiger partial charge < -0.3 is 10.4 Å². The van der Waals surface area contributed by atoms with Gasteiger partial charge in [0.05, 0.1) is 11.2 Å². The predicted molar refractivity (Wildman–Crippen MR) is 52.9 cm³/mol. The predicted octanol–water partition coefficient (Wildman–Crippen LogP) is 0.354. The molecular formula is C10H11N3O. The summed E-state index contributed by atoms with van der Waals surface area (Å²) >= 11 is 0. The molecule has 0 bridgehead atoms. The number of β-amino-alcohol motifs (C(OH)–C–C–N with tert-alkyl or cyclic N) is 1. The van der Waals surface area contributed by atoms with Gasteiger partial charge in [-0.25, -0.2) is 0 Å². The van der Waals surface area contributed by atoms with Gasteiger partial charge in [0, 0.05) is 18.5 Å². The SMILES string of the molecule is OC1(c2[nH]nc3ccccc23)CNC1. The van der Waals surface area contributed by atoms with Crippen molar-refractivity contribution >= 4 is 10.9 Å². The zero-order valence-corrected chi connectivity index (χ0v) is 7.62. The first-order chi connectivity index (χ1) is 6.80. The largest absolute Gasteiger partial charge is 0.381 e. The number of nitrogens with one attached hydrogen (secondary N) is 2. The third-order valence-electron chi connectivity index (χ3n) is 2.76. The van der Waals surface area contributed by atoms with Crippen molar-refractivity contribution in [3.8, 4) is 0 Å². The topological polar surface area (TPSA) is 60.9 Å². The summed E-state index contributed by atoms with van der Waals surface area (Å²) in [6.45, 7) is 1.19. The van der Waals surface area contributed by atoms with E-state index in [0.717, 1.165) is 16.6 Å². The molecule has 0 saturated carbocycles. The maximum Gasteiger partial charge on any atom is 0.131 e. The van der Waals surface area contributed by atoms with Crippen LogP contribution < -0.4 is 5.32 Å². The molecule has 4 heteroatoms. The number of nitrogens with zero attached hydrogens (tertiary/aromatic N) is 1. The van der Waals surface area contributed by atoms with Crippen molar-refractivity contribution in [3.05, 3.63) is 30.0 Å². The van der Waals surface area contributed by atoms with Crippen molar-refractivity contribution in [2.45, 2.75) is 5.60 Å². The van der Waals surface area contributed by atoms with E-state index in [1.165, 1.54) is 0 Å². The number of H-pyrrole nitrogens is 1. The Bertz CT molecular complexity index is 473. The molecule has 72 valence electrons. The number of aliphatic hydroxyl groups is 1. The van der Waals surface area contributed by atoms with Crippen LogP contribution in [0, 0.1) is 0 Å². The molecule has 3 rings (SSSR count). The Hall–Kier alpha value is -1.39. The van der Waals surface area contributed by atoms with E-state index >= 15 is 0 Å². The fourth-order valence-corrected chi connectivity index (χ4v) is 1.85. The molecule has 1 aliphatic heterocycles. The Kier molecular flexibility index (Phi) is 1.45. The maximum atomic E-state index is 10.1. The quantitative estimate of drug-likeness (QED) is 0.606. The van der Waals surface area contributed by atoms with Gasteiger partial charge in [-0.3, -0.25) is 5.10 Å². The Balaban J connectivity index is 2.22.